The number of amides is 2. The van der Waals surface area contributed by atoms with Gasteiger partial charge in [0.2, 0.25) is 11.8 Å². The van der Waals surface area contributed by atoms with Crippen LogP contribution in [0.1, 0.15) is 39.0 Å². The molecule has 1 atom stereocenters. The minimum absolute atomic E-state index is 0.109. The smallest absolute Gasteiger partial charge is 0.237 e. The van der Waals surface area contributed by atoms with Crippen LogP contribution in [-0.4, -0.2) is 17.1 Å². The van der Waals surface area contributed by atoms with Crippen molar-refractivity contribution in [2.75, 3.05) is 10.6 Å². The summed E-state index contributed by atoms with van der Waals surface area (Å²) in [4.78, 5) is 25.8. The molecule has 1 aliphatic rings. The van der Waals surface area contributed by atoms with E-state index in [0.717, 1.165) is 36.3 Å². The standard InChI is InChI=1S/C22H24Cl2N2O2S/c1-14(21(27)26-20-12-7-16(23)13-19(20)24)29-18-10-8-17(9-11-18)25-22(28)15-5-3-2-4-6-15/h7-15H,2-6H2,1H3,(H,25,28)(H,26,27). The second kappa shape index (κ2) is 10.4. The van der Waals surface area contributed by atoms with Gasteiger partial charge in [0.25, 0.3) is 0 Å². The maximum Gasteiger partial charge on any atom is 0.237 e. The fraction of sp³-hybridized carbons (Fsp3) is 0.364. The van der Waals surface area contributed by atoms with Crippen molar-refractivity contribution in [1.29, 1.82) is 0 Å². The van der Waals surface area contributed by atoms with E-state index in [-0.39, 0.29) is 23.0 Å². The van der Waals surface area contributed by atoms with Crippen molar-refractivity contribution in [3.05, 3.63) is 52.5 Å². The van der Waals surface area contributed by atoms with Gasteiger partial charge in [0.15, 0.2) is 0 Å². The summed E-state index contributed by atoms with van der Waals surface area (Å²) in [5, 5.41) is 6.44. The van der Waals surface area contributed by atoms with Gasteiger partial charge in [0, 0.05) is 21.5 Å². The van der Waals surface area contributed by atoms with Crippen molar-refractivity contribution in [3.63, 3.8) is 0 Å². The van der Waals surface area contributed by atoms with Gasteiger partial charge in [-0.05, 0) is 62.2 Å². The number of benzene rings is 2. The fourth-order valence-electron chi connectivity index (χ4n) is 3.31. The highest BCUT2D eigenvalue weighted by atomic mass is 35.5. The lowest BCUT2D eigenvalue weighted by molar-refractivity contribution is -0.120. The van der Waals surface area contributed by atoms with Crippen molar-refractivity contribution in [3.8, 4) is 0 Å². The summed E-state index contributed by atoms with van der Waals surface area (Å²) in [6.07, 6.45) is 5.45. The zero-order valence-corrected chi connectivity index (χ0v) is 18.5. The van der Waals surface area contributed by atoms with Crippen LogP contribution in [0.25, 0.3) is 0 Å². The van der Waals surface area contributed by atoms with E-state index in [0.29, 0.717) is 15.7 Å². The number of carbonyl (C=O) groups is 2. The topological polar surface area (TPSA) is 58.2 Å². The molecule has 2 amide bonds. The summed E-state index contributed by atoms with van der Waals surface area (Å²) in [7, 11) is 0. The van der Waals surface area contributed by atoms with E-state index in [1.807, 2.05) is 31.2 Å². The van der Waals surface area contributed by atoms with E-state index < -0.39 is 0 Å². The van der Waals surface area contributed by atoms with Crippen LogP contribution in [0.4, 0.5) is 11.4 Å². The molecular formula is C22H24Cl2N2O2S. The summed E-state index contributed by atoms with van der Waals surface area (Å²) >= 11 is 13.4. The summed E-state index contributed by atoms with van der Waals surface area (Å²) in [6.45, 7) is 1.84. The zero-order chi connectivity index (χ0) is 20.8. The summed E-state index contributed by atoms with van der Waals surface area (Å²) in [6, 6.07) is 12.6. The van der Waals surface area contributed by atoms with Gasteiger partial charge in [-0.2, -0.15) is 0 Å². The first-order valence-corrected chi connectivity index (χ1v) is 11.4. The molecule has 154 valence electrons. The number of hydrogen-bond acceptors (Lipinski definition) is 3. The first-order valence-electron chi connectivity index (χ1n) is 9.76. The summed E-state index contributed by atoms with van der Waals surface area (Å²) in [5.74, 6) is 0.0906. The molecule has 2 aromatic carbocycles. The second-order valence-electron chi connectivity index (χ2n) is 7.22. The van der Waals surface area contributed by atoms with E-state index >= 15 is 0 Å². The van der Waals surface area contributed by atoms with Crippen LogP contribution in [0, 0.1) is 5.92 Å². The molecule has 2 aromatic rings. The first kappa shape index (κ1) is 22.0. The molecule has 1 saturated carbocycles. The molecule has 2 N–H and O–H groups in total. The number of hydrogen-bond donors (Lipinski definition) is 2. The molecule has 0 bridgehead atoms. The normalized spacial score (nSPS) is 15.6. The van der Waals surface area contributed by atoms with Gasteiger partial charge in [0.1, 0.15) is 0 Å². The van der Waals surface area contributed by atoms with E-state index in [2.05, 4.69) is 10.6 Å². The maximum atomic E-state index is 12.5. The van der Waals surface area contributed by atoms with Crippen molar-refractivity contribution >= 4 is 58.2 Å². The van der Waals surface area contributed by atoms with E-state index in [1.165, 1.54) is 18.2 Å². The monoisotopic (exact) mass is 450 g/mol. The Morgan fingerprint density at radius 3 is 2.34 bits per heavy atom. The maximum absolute atomic E-state index is 12.5. The largest absolute Gasteiger partial charge is 0.326 e. The number of carbonyl (C=O) groups excluding carboxylic acids is 2. The predicted molar refractivity (Wildman–Crippen MR) is 122 cm³/mol. The Morgan fingerprint density at radius 1 is 1.00 bits per heavy atom. The Morgan fingerprint density at radius 2 is 1.69 bits per heavy atom. The minimum Gasteiger partial charge on any atom is -0.326 e. The average molecular weight is 451 g/mol. The predicted octanol–water partition coefficient (Wildman–Crippen LogP) is 6.63. The molecule has 1 unspecified atom stereocenters. The lowest BCUT2D eigenvalue weighted by atomic mass is 9.88. The number of anilines is 2. The van der Waals surface area contributed by atoms with Crippen LogP contribution in [0.15, 0.2) is 47.4 Å². The van der Waals surface area contributed by atoms with Crippen LogP contribution in [0.2, 0.25) is 10.0 Å². The first-order chi connectivity index (χ1) is 13.9. The molecule has 0 radical (unpaired) electrons. The van der Waals surface area contributed by atoms with E-state index in [9.17, 15) is 9.59 Å². The van der Waals surface area contributed by atoms with Gasteiger partial charge < -0.3 is 10.6 Å². The Labute approximate surface area is 185 Å². The van der Waals surface area contributed by atoms with Crippen LogP contribution in [0.5, 0.6) is 0 Å². The van der Waals surface area contributed by atoms with Gasteiger partial charge in [-0.1, -0.05) is 42.5 Å². The third-order valence-electron chi connectivity index (χ3n) is 4.97. The number of thioether (sulfide) groups is 1. The van der Waals surface area contributed by atoms with Gasteiger partial charge in [-0.3, -0.25) is 9.59 Å². The molecule has 0 aliphatic heterocycles. The molecule has 0 saturated heterocycles. The van der Waals surface area contributed by atoms with Crippen LogP contribution < -0.4 is 10.6 Å². The van der Waals surface area contributed by atoms with Gasteiger partial charge in [-0.25, -0.2) is 0 Å². The van der Waals surface area contributed by atoms with Gasteiger partial charge >= 0.3 is 0 Å². The van der Waals surface area contributed by atoms with Crippen LogP contribution in [-0.2, 0) is 9.59 Å². The fourth-order valence-corrected chi connectivity index (χ4v) is 4.63. The minimum atomic E-state index is -0.315. The van der Waals surface area contributed by atoms with Crippen molar-refractivity contribution in [2.45, 2.75) is 49.2 Å². The van der Waals surface area contributed by atoms with E-state index in [4.69, 9.17) is 23.2 Å². The molecular weight excluding hydrogens is 427 g/mol. The van der Waals surface area contributed by atoms with Gasteiger partial charge in [0.05, 0.1) is 16.0 Å². The summed E-state index contributed by atoms with van der Waals surface area (Å²) < 4.78 is 0. The Bertz CT molecular complexity index is 868. The Balaban J connectivity index is 1.53. The molecule has 0 aromatic heterocycles. The Kier molecular flexibility index (Phi) is 7.87. The third-order valence-corrected chi connectivity index (χ3v) is 6.63. The molecule has 3 rings (SSSR count). The molecule has 7 heteroatoms. The van der Waals surface area contributed by atoms with Crippen LogP contribution in [0.3, 0.4) is 0 Å². The molecule has 4 nitrogen and oxygen atoms in total. The molecule has 1 aliphatic carbocycles. The molecule has 0 heterocycles. The van der Waals surface area contributed by atoms with E-state index in [1.54, 1.807) is 18.2 Å². The quantitative estimate of drug-likeness (QED) is 0.485. The highest BCUT2D eigenvalue weighted by molar-refractivity contribution is 8.00. The van der Waals surface area contributed by atoms with Crippen molar-refractivity contribution < 1.29 is 9.59 Å². The number of rotatable bonds is 6. The Hall–Kier alpha value is -1.69. The lowest BCUT2D eigenvalue weighted by Gasteiger charge is -2.20. The lowest BCUT2D eigenvalue weighted by Crippen LogP contribution is -2.24. The molecule has 29 heavy (non-hydrogen) atoms. The molecule has 0 spiro atoms. The number of nitrogens with one attached hydrogen (secondary N) is 2. The highest BCUT2D eigenvalue weighted by Gasteiger charge is 2.21. The molecule has 1 fully saturated rings. The second-order valence-corrected chi connectivity index (χ2v) is 9.48. The highest BCUT2D eigenvalue weighted by Crippen LogP contribution is 2.29. The van der Waals surface area contributed by atoms with Crippen LogP contribution >= 0.6 is 35.0 Å². The van der Waals surface area contributed by atoms with Crippen molar-refractivity contribution in [2.24, 2.45) is 5.92 Å². The third kappa shape index (κ3) is 6.39. The van der Waals surface area contributed by atoms with Crippen molar-refractivity contribution in [1.82, 2.24) is 0 Å². The number of halogens is 2. The summed E-state index contributed by atoms with van der Waals surface area (Å²) in [5.41, 5.74) is 1.32. The SMILES string of the molecule is CC(Sc1ccc(NC(=O)C2CCCCC2)cc1)C(=O)Nc1ccc(Cl)cc1Cl. The van der Waals surface area contributed by atoms with Gasteiger partial charge in [-0.15, -0.1) is 11.8 Å². The zero-order valence-electron chi connectivity index (χ0n) is 16.2. The average Bonchev–Trinajstić information content (AvgIpc) is 2.72.